The van der Waals surface area contributed by atoms with Gasteiger partial charge in [-0.1, -0.05) is 26.8 Å². The molecule has 0 heterocycles. The fourth-order valence-corrected chi connectivity index (χ4v) is 3.01. The lowest BCUT2D eigenvalue weighted by Crippen LogP contribution is -2.28. The monoisotopic (exact) mass is 412 g/mol. The zero-order chi connectivity index (χ0) is 15.7. The molecule has 7 heteroatoms. The molecule has 0 atom stereocenters. The molecule has 0 bridgehead atoms. The third-order valence-corrected chi connectivity index (χ3v) is 4.92. The molecule has 0 saturated carbocycles. The minimum atomic E-state index is -3.78. The lowest BCUT2D eigenvalue weighted by Gasteiger charge is -2.22. The third kappa shape index (κ3) is 4.06. The van der Waals surface area contributed by atoms with E-state index in [1.165, 1.54) is 14.1 Å². The molecule has 1 aromatic rings. The molecule has 1 aromatic carbocycles. The first-order valence-electron chi connectivity index (χ1n) is 6.14. The number of hydrogen-bond donors (Lipinski definition) is 1. The van der Waals surface area contributed by atoms with E-state index in [2.05, 4.69) is 43.4 Å². The molecule has 0 aliphatic heterocycles. The Morgan fingerprint density at radius 2 is 1.85 bits per heavy atom. The highest BCUT2D eigenvalue weighted by atomic mass is 127. The van der Waals surface area contributed by atoms with E-state index in [1.54, 1.807) is 0 Å². The van der Waals surface area contributed by atoms with Gasteiger partial charge in [0.2, 0.25) is 0 Å². The largest absolute Gasteiger partial charge is 0.384 e. The van der Waals surface area contributed by atoms with Gasteiger partial charge in [0.05, 0.1) is 3.57 Å². The molecule has 20 heavy (non-hydrogen) atoms. The van der Waals surface area contributed by atoms with E-state index in [0.29, 0.717) is 11.3 Å². The smallest absolute Gasteiger partial charge is 0.369 e. The van der Waals surface area contributed by atoms with Crippen LogP contribution in [0.2, 0.25) is 0 Å². The van der Waals surface area contributed by atoms with Crippen LogP contribution in [0.25, 0.3) is 0 Å². The maximum Gasteiger partial charge on any atom is 0.384 e. The average Bonchev–Trinajstić information content (AvgIpc) is 2.29. The van der Waals surface area contributed by atoms with E-state index in [4.69, 9.17) is 9.92 Å². The summed E-state index contributed by atoms with van der Waals surface area (Å²) in [5, 5.41) is 0. The van der Waals surface area contributed by atoms with Crippen LogP contribution in [0.3, 0.4) is 0 Å². The number of rotatable bonds is 4. The van der Waals surface area contributed by atoms with E-state index in [-0.39, 0.29) is 12.0 Å². The Balaban J connectivity index is 3.36. The Hall–Kier alpha value is -0.380. The van der Waals surface area contributed by atoms with Crippen molar-refractivity contribution in [1.82, 2.24) is 4.31 Å². The van der Waals surface area contributed by atoms with Crippen molar-refractivity contribution in [2.24, 2.45) is 5.73 Å². The first-order chi connectivity index (χ1) is 8.99. The first kappa shape index (κ1) is 17.7. The number of nitrogens with two attached hydrogens (primary N) is 1. The maximum absolute atomic E-state index is 11.9. The van der Waals surface area contributed by atoms with Crippen LogP contribution < -0.4 is 9.92 Å². The number of benzene rings is 1. The molecule has 0 radical (unpaired) electrons. The summed E-state index contributed by atoms with van der Waals surface area (Å²) in [5.41, 5.74) is 7.48. The molecule has 5 nitrogen and oxygen atoms in total. The van der Waals surface area contributed by atoms with Crippen molar-refractivity contribution in [2.75, 3.05) is 14.1 Å². The lowest BCUT2D eigenvalue weighted by molar-refractivity contribution is 0.418. The quantitative estimate of drug-likeness (QED) is 0.770. The molecule has 114 valence electrons. The van der Waals surface area contributed by atoms with Crippen LogP contribution in [0.5, 0.6) is 5.75 Å². The molecule has 0 unspecified atom stereocenters. The van der Waals surface area contributed by atoms with Gasteiger partial charge in [0.15, 0.2) is 5.75 Å². The minimum Gasteiger partial charge on any atom is -0.369 e. The van der Waals surface area contributed by atoms with Crippen molar-refractivity contribution in [3.8, 4) is 5.75 Å². The van der Waals surface area contributed by atoms with E-state index >= 15 is 0 Å². The lowest BCUT2D eigenvalue weighted by atomic mass is 9.86. The molecular formula is C13H21IN2O3S. The molecule has 0 spiro atoms. The van der Waals surface area contributed by atoms with Gasteiger partial charge in [-0.2, -0.15) is 12.7 Å². The maximum atomic E-state index is 11.9. The fraction of sp³-hybridized carbons (Fsp3) is 0.538. The number of hydrogen-bond acceptors (Lipinski definition) is 4. The first-order valence-corrected chi connectivity index (χ1v) is 8.58. The summed E-state index contributed by atoms with van der Waals surface area (Å²) in [4.78, 5) is 0. The van der Waals surface area contributed by atoms with Gasteiger partial charge in [0.1, 0.15) is 0 Å². The van der Waals surface area contributed by atoms with Crippen molar-refractivity contribution < 1.29 is 12.6 Å². The minimum absolute atomic E-state index is 0.0389. The van der Waals surface area contributed by atoms with Crippen LogP contribution in [0.15, 0.2) is 12.1 Å². The molecule has 0 aliphatic rings. The summed E-state index contributed by atoms with van der Waals surface area (Å²) in [6.07, 6.45) is 0. The van der Waals surface area contributed by atoms with E-state index in [0.717, 1.165) is 13.4 Å². The van der Waals surface area contributed by atoms with Crippen molar-refractivity contribution in [2.45, 2.75) is 32.7 Å². The summed E-state index contributed by atoms with van der Waals surface area (Å²) in [7, 11) is -0.933. The average molecular weight is 412 g/mol. The summed E-state index contributed by atoms with van der Waals surface area (Å²) in [5.74, 6) is 0.315. The second-order valence-corrected chi connectivity index (χ2v) is 8.64. The van der Waals surface area contributed by atoms with Gasteiger partial charge in [0.25, 0.3) is 0 Å². The molecule has 0 amide bonds. The third-order valence-electron chi connectivity index (χ3n) is 2.84. The topological polar surface area (TPSA) is 72.6 Å². The molecule has 0 aliphatic carbocycles. The van der Waals surface area contributed by atoms with Crippen LogP contribution in [0.1, 0.15) is 31.9 Å². The van der Waals surface area contributed by atoms with E-state index < -0.39 is 10.3 Å². The molecule has 0 fully saturated rings. The van der Waals surface area contributed by atoms with Crippen LogP contribution in [0.4, 0.5) is 0 Å². The zero-order valence-electron chi connectivity index (χ0n) is 12.4. The highest BCUT2D eigenvalue weighted by Crippen LogP contribution is 2.33. The zero-order valence-corrected chi connectivity index (χ0v) is 15.4. The van der Waals surface area contributed by atoms with Crippen LogP contribution in [-0.2, 0) is 22.3 Å². The van der Waals surface area contributed by atoms with Crippen molar-refractivity contribution in [1.29, 1.82) is 0 Å². The van der Waals surface area contributed by atoms with Gasteiger partial charge in [-0.05, 0) is 39.6 Å². The second-order valence-electron chi connectivity index (χ2n) is 5.72. The molecule has 2 N–H and O–H groups in total. The number of halogens is 1. The van der Waals surface area contributed by atoms with Crippen LogP contribution in [-0.4, -0.2) is 26.8 Å². The van der Waals surface area contributed by atoms with E-state index in [1.807, 2.05) is 12.1 Å². The summed E-state index contributed by atoms with van der Waals surface area (Å²) < 4.78 is 30.7. The summed E-state index contributed by atoms with van der Waals surface area (Å²) in [6.45, 7) is 6.50. The SMILES string of the molecule is CN(C)S(=O)(=O)Oc1c(I)cc(C(C)(C)C)cc1CN. The highest BCUT2D eigenvalue weighted by molar-refractivity contribution is 14.1. The van der Waals surface area contributed by atoms with Crippen molar-refractivity contribution in [3.63, 3.8) is 0 Å². The Morgan fingerprint density at radius 1 is 1.30 bits per heavy atom. The Morgan fingerprint density at radius 3 is 2.25 bits per heavy atom. The predicted molar refractivity (Wildman–Crippen MR) is 89.0 cm³/mol. The van der Waals surface area contributed by atoms with E-state index in [9.17, 15) is 8.42 Å². The van der Waals surface area contributed by atoms with Gasteiger partial charge in [-0.25, -0.2) is 0 Å². The predicted octanol–water partition coefficient (Wildman–Crippen LogP) is 2.23. The van der Waals surface area contributed by atoms with Crippen molar-refractivity contribution >= 4 is 32.9 Å². The van der Waals surface area contributed by atoms with Crippen molar-refractivity contribution in [3.05, 3.63) is 26.8 Å². The Bertz CT molecular complexity index is 592. The van der Waals surface area contributed by atoms with Crippen LogP contribution in [0, 0.1) is 3.57 Å². The Labute approximate surface area is 134 Å². The molecule has 1 rings (SSSR count). The van der Waals surface area contributed by atoms with Gasteiger partial charge in [-0.3, -0.25) is 0 Å². The van der Waals surface area contributed by atoms with Gasteiger partial charge in [-0.15, -0.1) is 0 Å². The highest BCUT2D eigenvalue weighted by Gasteiger charge is 2.23. The Kier molecular flexibility index (Phi) is 5.45. The van der Waals surface area contributed by atoms with Crippen LogP contribution >= 0.6 is 22.6 Å². The number of nitrogens with zero attached hydrogens (tertiary/aromatic N) is 1. The molecule has 0 aromatic heterocycles. The summed E-state index contributed by atoms with van der Waals surface area (Å²) in [6, 6.07) is 3.84. The molecule has 0 saturated heterocycles. The fourth-order valence-electron chi connectivity index (χ4n) is 1.51. The van der Waals surface area contributed by atoms with Gasteiger partial charge in [0, 0.05) is 26.2 Å². The van der Waals surface area contributed by atoms with Gasteiger partial charge >= 0.3 is 10.3 Å². The molecular weight excluding hydrogens is 391 g/mol. The standard InChI is InChI=1S/C13H21IN2O3S/c1-13(2,3)10-6-9(8-15)12(11(14)7-10)19-20(17,18)16(4)5/h6-7H,8,15H2,1-5H3. The van der Waals surface area contributed by atoms with Gasteiger partial charge < -0.3 is 9.92 Å². The normalized spacial score (nSPS) is 12.8. The second kappa shape index (κ2) is 6.17. The summed E-state index contributed by atoms with van der Waals surface area (Å²) >= 11 is 2.07.